The summed E-state index contributed by atoms with van der Waals surface area (Å²) in [4.78, 5) is 19.4. The van der Waals surface area contributed by atoms with Gasteiger partial charge in [0.25, 0.3) is 5.91 Å². The summed E-state index contributed by atoms with van der Waals surface area (Å²) < 4.78 is 43.2. The molecule has 162 valence electrons. The van der Waals surface area contributed by atoms with Crippen LogP contribution in [0.2, 0.25) is 0 Å². The van der Waals surface area contributed by atoms with Gasteiger partial charge in [0.1, 0.15) is 0 Å². The number of hydrogen-bond acceptors (Lipinski definition) is 5. The number of likely N-dealkylation sites (tertiary alicyclic amines) is 1. The molecule has 1 unspecified atom stereocenters. The molecule has 0 N–H and O–H groups in total. The molecule has 31 heavy (non-hydrogen) atoms. The number of hydrogen-bond donors (Lipinski definition) is 0. The molecule has 1 aliphatic heterocycles. The molecule has 3 aromatic rings. The summed E-state index contributed by atoms with van der Waals surface area (Å²) >= 11 is 5.14. The zero-order chi connectivity index (χ0) is 22.0. The van der Waals surface area contributed by atoms with Crippen molar-refractivity contribution in [1.29, 1.82) is 0 Å². The van der Waals surface area contributed by atoms with Gasteiger partial charge in [0.15, 0.2) is 0 Å². The lowest BCUT2D eigenvalue weighted by Crippen LogP contribution is -2.36. The molecular weight excluding hydrogens is 495 g/mol. The van der Waals surface area contributed by atoms with Crippen molar-refractivity contribution in [3.05, 3.63) is 64.5 Å². The van der Waals surface area contributed by atoms with Crippen LogP contribution in [0.25, 0.3) is 11.4 Å². The molecule has 1 fully saturated rings. The highest BCUT2D eigenvalue weighted by Gasteiger charge is 2.38. The third-order valence-electron chi connectivity index (χ3n) is 4.95. The van der Waals surface area contributed by atoms with Gasteiger partial charge in [-0.25, -0.2) is 0 Å². The van der Waals surface area contributed by atoms with Crippen LogP contribution in [0, 0.1) is 0 Å². The van der Waals surface area contributed by atoms with Gasteiger partial charge in [-0.15, -0.1) is 11.8 Å². The summed E-state index contributed by atoms with van der Waals surface area (Å²) in [6.07, 6.45) is -2.81. The molecule has 2 heterocycles. The average Bonchev–Trinajstić information content (AvgIpc) is 3.43. The summed E-state index contributed by atoms with van der Waals surface area (Å²) in [7, 11) is 0. The van der Waals surface area contributed by atoms with Crippen LogP contribution in [0.1, 0.15) is 29.1 Å². The first-order chi connectivity index (χ1) is 14.8. The van der Waals surface area contributed by atoms with Crippen LogP contribution in [0.15, 0.2) is 62.4 Å². The molecule has 0 bridgehead atoms. The van der Waals surface area contributed by atoms with Crippen molar-refractivity contribution in [2.45, 2.75) is 30.0 Å². The van der Waals surface area contributed by atoms with Crippen LogP contribution in [0.3, 0.4) is 0 Å². The summed E-state index contributed by atoms with van der Waals surface area (Å²) in [5.41, 5.74) is 0.823. The van der Waals surface area contributed by atoms with Gasteiger partial charge >= 0.3 is 12.1 Å². The number of carbonyl (C=O) groups excluding carboxylic acids is 1. The fourth-order valence-corrected chi connectivity index (χ4v) is 4.71. The van der Waals surface area contributed by atoms with Gasteiger partial charge in [-0.2, -0.15) is 18.2 Å². The number of halogens is 4. The Bertz CT molecular complexity index is 1050. The SMILES string of the molecule is O=C(c1ccc(-c2noc(C(F)(F)F)n2)cc1)N1CCCC1CSc1ccc(Br)cc1. The van der Waals surface area contributed by atoms with Crippen molar-refractivity contribution in [1.82, 2.24) is 15.0 Å². The van der Waals surface area contributed by atoms with Gasteiger partial charge in [-0.1, -0.05) is 33.2 Å². The molecule has 0 aliphatic carbocycles. The van der Waals surface area contributed by atoms with Crippen molar-refractivity contribution < 1.29 is 22.5 Å². The predicted octanol–water partition coefficient (Wildman–Crippen LogP) is 5.91. The van der Waals surface area contributed by atoms with Crippen LogP contribution in [-0.2, 0) is 6.18 Å². The first kappa shape index (κ1) is 21.9. The predicted molar refractivity (Wildman–Crippen MR) is 114 cm³/mol. The lowest BCUT2D eigenvalue weighted by atomic mass is 10.1. The molecule has 10 heteroatoms. The number of thioether (sulfide) groups is 1. The second kappa shape index (κ2) is 9.04. The van der Waals surface area contributed by atoms with Crippen molar-refractivity contribution in [3.63, 3.8) is 0 Å². The highest BCUT2D eigenvalue weighted by atomic mass is 79.9. The first-order valence-corrected chi connectivity index (χ1v) is 11.3. The van der Waals surface area contributed by atoms with Crippen LogP contribution in [0.5, 0.6) is 0 Å². The summed E-state index contributed by atoms with van der Waals surface area (Å²) in [6, 6.07) is 14.4. The zero-order valence-corrected chi connectivity index (χ0v) is 18.5. The number of rotatable bonds is 5. The Morgan fingerprint density at radius 2 is 1.87 bits per heavy atom. The molecule has 4 rings (SSSR count). The molecule has 0 saturated carbocycles. The van der Waals surface area contributed by atoms with Gasteiger partial charge in [0.2, 0.25) is 5.82 Å². The van der Waals surface area contributed by atoms with Gasteiger partial charge in [0.05, 0.1) is 0 Å². The lowest BCUT2D eigenvalue weighted by Gasteiger charge is -2.24. The monoisotopic (exact) mass is 511 g/mol. The molecule has 1 aromatic heterocycles. The van der Waals surface area contributed by atoms with E-state index in [0.29, 0.717) is 17.7 Å². The minimum Gasteiger partial charge on any atom is -0.335 e. The lowest BCUT2D eigenvalue weighted by molar-refractivity contribution is -0.159. The normalized spacial score (nSPS) is 16.6. The highest BCUT2D eigenvalue weighted by molar-refractivity contribution is 9.10. The molecule has 1 amide bonds. The van der Waals surface area contributed by atoms with E-state index in [9.17, 15) is 18.0 Å². The summed E-state index contributed by atoms with van der Waals surface area (Å²) in [5.74, 6) is -0.856. The third-order valence-corrected chi connectivity index (χ3v) is 6.64. The molecule has 1 saturated heterocycles. The molecule has 1 atom stereocenters. The zero-order valence-electron chi connectivity index (χ0n) is 16.1. The van der Waals surface area contributed by atoms with E-state index in [2.05, 4.69) is 30.6 Å². The van der Waals surface area contributed by atoms with E-state index in [1.807, 2.05) is 29.2 Å². The Kier molecular flexibility index (Phi) is 6.38. The van der Waals surface area contributed by atoms with Crippen molar-refractivity contribution in [2.75, 3.05) is 12.3 Å². The number of alkyl halides is 3. The third kappa shape index (κ3) is 5.12. The Morgan fingerprint density at radius 1 is 1.16 bits per heavy atom. The Labute approximate surface area is 189 Å². The van der Waals surface area contributed by atoms with Crippen LogP contribution in [-0.4, -0.2) is 39.3 Å². The first-order valence-electron chi connectivity index (χ1n) is 9.52. The van der Waals surface area contributed by atoms with E-state index < -0.39 is 12.1 Å². The quantitative estimate of drug-likeness (QED) is 0.398. The van der Waals surface area contributed by atoms with E-state index in [0.717, 1.165) is 28.0 Å². The maximum atomic E-state index is 13.0. The standard InChI is InChI=1S/C21H17BrF3N3O2S/c22-15-7-9-17(10-8-15)31-12-16-2-1-11-28(16)19(29)14-5-3-13(4-6-14)18-26-20(30-27-18)21(23,24)25/h3-10,16H,1-2,11-12H2. The molecule has 0 radical (unpaired) electrons. The van der Waals surface area contributed by atoms with E-state index in [-0.39, 0.29) is 17.8 Å². The second-order valence-corrected chi connectivity index (χ2v) is 9.07. The number of carbonyl (C=O) groups is 1. The van der Waals surface area contributed by atoms with Crippen LogP contribution < -0.4 is 0 Å². The van der Waals surface area contributed by atoms with E-state index in [1.54, 1.807) is 23.9 Å². The maximum absolute atomic E-state index is 13.0. The fourth-order valence-electron chi connectivity index (χ4n) is 3.38. The van der Waals surface area contributed by atoms with Gasteiger partial charge < -0.3 is 9.42 Å². The summed E-state index contributed by atoms with van der Waals surface area (Å²) in [6.45, 7) is 0.686. The number of nitrogens with zero attached hydrogens (tertiary/aromatic N) is 3. The van der Waals surface area contributed by atoms with Crippen LogP contribution >= 0.6 is 27.7 Å². The topological polar surface area (TPSA) is 59.2 Å². The number of benzene rings is 2. The smallest absolute Gasteiger partial charge is 0.335 e. The van der Waals surface area contributed by atoms with Crippen molar-refractivity contribution >= 4 is 33.6 Å². The number of amides is 1. The molecular formula is C21H17BrF3N3O2S. The number of aromatic nitrogens is 2. The van der Waals surface area contributed by atoms with E-state index in [4.69, 9.17) is 0 Å². The van der Waals surface area contributed by atoms with Gasteiger partial charge in [-0.05, 0) is 49.2 Å². The van der Waals surface area contributed by atoms with Gasteiger partial charge in [-0.3, -0.25) is 4.79 Å². The fraction of sp³-hybridized carbons (Fsp3) is 0.286. The molecule has 0 spiro atoms. The van der Waals surface area contributed by atoms with E-state index in [1.165, 1.54) is 12.1 Å². The second-order valence-electron chi connectivity index (χ2n) is 7.06. The van der Waals surface area contributed by atoms with Crippen LogP contribution in [0.4, 0.5) is 13.2 Å². The molecule has 5 nitrogen and oxygen atoms in total. The molecule has 1 aliphatic rings. The maximum Gasteiger partial charge on any atom is 0.471 e. The van der Waals surface area contributed by atoms with Crippen molar-refractivity contribution in [3.8, 4) is 11.4 Å². The summed E-state index contributed by atoms with van der Waals surface area (Å²) in [5, 5.41) is 3.37. The van der Waals surface area contributed by atoms with E-state index >= 15 is 0 Å². The minimum absolute atomic E-state index is 0.0884. The largest absolute Gasteiger partial charge is 0.471 e. The molecule has 2 aromatic carbocycles. The minimum atomic E-state index is -4.69. The Balaban J connectivity index is 1.42. The Hall–Kier alpha value is -2.33. The Morgan fingerprint density at radius 3 is 2.52 bits per heavy atom. The van der Waals surface area contributed by atoms with Crippen molar-refractivity contribution in [2.24, 2.45) is 0 Å². The average molecular weight is 512 g/mol. The van der Waals surface area contributed by atoms with Gasteiger partial charge in [0, 0.05) is 38.8 Å². The highest BCUT2D eigenvalue weighted by Crippen LogP contribution is 2.30.